The van der Waals surface area contributed by atoms with Crippen LogP contribution in [0.1, 0.15) is 20.9 Å². The third-order valence-corrected chi connectivity index (χ3v) is 9.94. The number of aryl methyl sites for hydroxylation is 4. The van der Waals surface area contributed by atoms with E-state index < -0.39 is 0 Å². The molecule has 22 heavy (non-hydrogen) atoms. The average molecular weight is 359 g/mol. The highest BCUT2D eigenvalue weighted by Crippen LogP contribution is 2.48. The minimum atomic E-state index is 1.44. The Labute approximate surface area is 144 Å². The Hall–Kier alpha value is -0.940. The Morgan fingerprint density at radius 3 is 1.36 bits per heavy atom. The van der Waals surface area contributed by atoms with E-state index in [-0.39, 0.29) is 0 Å². The molecule has 110 valence electrons. The number of rotatable bonds is 0. The number of benzene rings is 1. The van der Waals surface area contributed by atoms with E-state index in [1.807, 2.05) is 45.3 Å². The van der Waals surface area contributed by atoms with Crippen LogP contribution in [0.5, 0.6) is 0 Å². The van der Waals surface area contributed by atoms with Crippen LogP contribution in [-0.2, 0) is 0 Å². The van der Waals surface area contributed by atoms with E-state index in [0.29, 0.717) is 0 Å². The summed E-state index contributed by atoms with van der Waals surface area (Å²) in [6.45, 7) is 9.00. The molecule has 0 spiro atoms. The Morgan fingerprint density at radius 1 is 0.545 bits per heavy atom. The van der Waals surface area contributed by atoms with E-state index in [9.17, 15) is 0 Å². The van der Waals surface area contributed by atoms with Gasteiger partial charge in [-0.05, 0) is 51.0 Å². The first kappa shape index (κ1) is 13.5. The van der Waals surface area contributed by atoms with E-state index in [2.05, 4.69) is 39.8 Å². The molecule has 0 N–H and O–H groups in total. The van der Waals surface area contributed by atoms with Crippen LogP contribution in [0.2, 0.25) is 0 Å². The minimum absolute atomic E-state index is 1.44. The van der Waals surface area contributed by atoms with Crippen LogP contribution >= 0.6 is 45.3 Å². The molecular weight excluding hydrogens is 344 g/mol. The predicted octanol–water partition coefficient (Wildman–Crippen LogP) is 7.78. The molecule has 4 heterocycles. The molecular formula is C18H14S4. The summed E-state index contributed by atoms with van der Waals surface area (Å²) in [7, 11) is 0. The molecule has 5 aromatic rings. The Morgan fingerprint density at radius 2 is 0.955 bits per heavy atom. The smallest absolute Gasteiger partial charge is 0.0535 e. The highest BCUT2D eigenvalue weighted by Gasteiger charge is 2.17. The topological polar surface area (TPSA) is 0 Å². The fourth-order valence-corrected chi connectivity index (χ4v) is 8.40. The van der Waals surface area contributed by atoms with Crippen LogP contribution in [0.25, 0.3) is 39.0 Å². The van der Waals surface area contributed by atoms with Crippen molar-refractivity contribution in [2.45, 2.75) is 27.7 Å². The zero-order chi connectivity index (χ0) is 15.2. The lowest BCUT2D eigenvalue weighted by molar-refractivity contribution is 1.48. The summed E-state index contributed by atoms with van der Waals surface area (Å²) in [5, 5.41) is 2.91. The van der Waals surface area contributed by atoms with Gasteiger partial charge in [0.25, 0.3) is 0 Å². The zero-order valence-electron chi connectivity index (χ0n) is 12.8. The summed E-state index contributed by atoms with van der Waals surface area (Å²) in [4.78, 5) is 2.92. The van der Waals surface area contributed by atoms with Crippen LogP contribution in [-0.4, -0.2) is 0 Å². The first-order chi connectivity index (χ1) is 10.5. The Balaban J connectivity index is 1.99. The van der Waals surface area contributed by atoms with Crippen LogP contribution in [0.15, 0.2) is 12.1 Å². The van der Waals surface area contributed by atoms with Gasteiger partial charge in [0.1, 0.15) is 0 Å². The van der Waals surface area contributed by atoms with E-state index in [1.54, 1.807) is 0 Å². The van der Waals surface area contributed by atoms with Gasteiger partial charge in [-0.1, -0.05) is 0 Å². The van der Waals surface area contributed by atoms with Gasteiger partial charge in [-0.25, -0.2) is 0 Å². The molecule has 4 heteroatoms. The molecule has 0 aliphatic carbocycles. The second-order valence-electron chi connectivity index (χ2n) is 5.93. The van der Waals surface area contributed by atoms with E-state index in [0.717, 1.165) is 0 Å². The maximum atomic E-state index is 2.44. The Bertz CT molecular complexity index is 1110. The summed E-state index contributed by atoms with van der Waals surface area (Å²) in [5.41, 5.74) is 2.94. The molecule has 0 atom stereocenters. The van der Waals surface area contributed by atoms with Gasteiger partial charge in [0.05, 0.1) is 9.40 Å². The maximum Gasteiger partial charge on any atom is 0.0535 e. The monoisotopic (exact) mass is 358 g/mol. The van der Waals surface area contributed by atoms with Gasteiger partial charge < -0.3 is 0 Å². The van der Waals surface area contributed by atoms with Gasteiger partial charge in [0, 0.05) is 39.3 Å². The summed E-state index contributed by atoms with van der Waals surface area (Å²) in [6.07, 6.45) is 0. The summed E-state index contributed by atoms with van der Waals surface area (Å²) < 4.78 is 8.85. The van der Waals surface area contributed by atoms with Crippen LogP contribution in [0, 0.1) is 27.7 Å². The first-order valence-corrected chi connectivity index (χ1v) is 10.6. The molecule has 0 bridgehead atoms. The van der Waals surface area contributed by atoms with Crippen molar-refractivity contribution in [2.24, 2.45) is 0 Å². The van der Waals surface area contributed by atoms with E-state index >= 15 is 0 Å². The van der Waals surface area contributed by atoms with Gasteiger partial charge in [0.15, 0.2) is 0 Å². The zero-order valence-corrected chi connectivity index (χ0v) is 16.1. The number of thiophene rings is 4. The van der Waals surface area contributed by atoms with Crippen molar-refractivity contribution in [3.63, 3.8) is 0 Å². The van der Waals surface area contributed by atoms with E-state index in [1.165, 1.54) is 59.9 Å². The van der Waals surface area contributed by atoms with Gasteiger partial charge in [-0.2, -0.15) is 0 Å². The first-order valence-electron chi connectivity index (χ1n) is 7.29. The fourth-order valence-electron chi connectivity index (χ4n) is 3.12. The van der Waals surface area contributed by atoms with Crippen molar-refractivity contribution in [1.29, 1.82) is 0 Å². The third-order valence-electron chi connectivity index (χ3n) is 4.66. The van der Waals surface area contributed by atoms with Crippen molar-refractivity contribution in [3.8, 4) is 0 Å². The third kappa shape index (κ3) is 1.56. The molecule has 0 saturated carbocycles. The van der Waals surface area contributed by atoms with Gasteiger partial charge >= 0.3 is 0 Å². The molecule has 1 aromatic carbocycles. The molecule has 0 aliphatic rings. The molecule has 0 unspecified atom stereocenters. The lowest BCUT2D eigenvalue weighted by Crippen LogP contribution is -1.65. The van der Waals surface area contributed by atoms with Crippen LogP contribution in [0.3, 0.4) is 0 Å². The quantitative estimate of drug-likeness (QED) is 0.265. The fraction of sp³-hybridized carbons (Fsp3) is 0.222. The van der Waals surface area contributed by atoms with Crippen molar-refractivity contribution in [2.75, 3.05) is 0 Å². The second kappa shape index (κ2) is 4.32. The Kier molecular flexibility index (Phi) is 2.65. The minimum Gasteiger partial charge on any atom is -0.139 e. The van der Waals surface area contributed by atoms with Gasteiger partial charge in [0.2, 0.25) is 0 Å². The lowest BCUT2D eigenvalue weighted by Gasteiger charge is -1.93. The molecule has 0 radical (unpaired) electrons. The SMILES string of the molecule is Cc1sc2c(sc3cc4c(cc32)sc2c(C)c(C)sc24)c1C. The van der Waals surface area contributed by atoms with Crippen LogP contribution in [0.4, 0.5) is 0 Å². The summed E-state index contributed by atoms with van der Waals surface area (Å²) in [5.74, 6) is 0. The predicted molar refractivity (Wildman–Crippen MR) is 107 cm³/mol. The lowest BCUT2D eigenvalue weighted by atomic mass is 10.2. The van der Waals surface area contributed by atoms with Crippen molar-refractivity contribution < 1.29 is 0 Å². The number of hydrogen-bond donors (Lipinski definition) is 0. The summed E-state index contributed by atoms with van der Waals surface area (Å²) in [6, 6.07) is 4.87. The standard InChI is InChI=1S/C18H14S4/c1-7-9(3)19-17-11-5-14-12(6-13(11)21-15(7)17)18-16(22-14)8(2)10(4)20-18/h5-6H,1-4H3. The van der Waals surface area contributed by atoms with Crippen molar-refractivity contribution in [3.05, 3.63) is 33.0 Å². The van der Waals surface area contributed by atoms with Gasteiger partial charge in [-0.15, -0.1) is 45.3 Å². The average Bonchev–Trinajstić information content (AvgIpc) is 3.16. The molecule has 0 saturated heterocycles. The molecule has 5 rings (SSSR count). The largest absolute Gasteiger partial charge is 0.139 e. The molecule has 4 aromatic heterocycles. The molecule has 0 amide bonds. The maximum absolute atomic E-state index is 2.44. The van der Waals surface area contributed by atoms with E-state index in [4.69, 9.17) is 0 Å². The molecule has 0 fully saturated rings. The van der Waals surface area contributed by atoms with Crippen molar-refractivity contribution in [1.82, 2.24) is 0 Å². The highest BCUT2D eigenvalue weighted by molar-refractivity contribution is 7.34. The number of fused-ring (bicyclic) bond motifs is 6. The summed E-state index contributed by atoms with van der Waals surface area (Å²) >= 11 is 7.84. The number of hydrogen-bond acceptors (Lipinski definition) is 4. The van der Waals surface area contributed by atoms with Gasteiger partial charge in [-0.3, -0.25) is 0 Å². The highest BCUT2D eigenvalue weighted by atomic mass is 32.1. The normalized spacial score (nSPS) is 12.5. The van der Waals surface area contributed by atoms with Crippen molar-refractivity contribution >= 4 is 84.3 Å². The van der Waals surface area contributed by atoms with Crippen LogP contribution < -0.4 is 0 Å². The molecule has 0 nitrogen and oxygen atoms in total. The second-order valence-corrected chi connectivity index (χ2v) is 10.5. The molecule has 0 aliphatic heterocycles.